The second-order valence-corrected chi connectivity index (χ2v) is 15.7. The van der Waals surface area contributed by atoms with E-state index < -0.39 is 15.1 Å². The molecule has 0 unspecified atom stereocenters. The quantitative estimate of drug-likeness (QED) is 0.200. The van der Waals surface area contributed by atoms with E-state index in [0.29, 0.717) is 29.3 Å². The van der Waals surface area contributed by atoms with Gasteiger partial charge in [0.05, 0.1) is 15.0 Å². The number of aromatic nitrogens is 2. The molecular formula is C26H36IN5O2S3. The van der Waals surface area contributed by atoms with Crippen LogP contribution < -0.4 is 15.5 Å². The summed E-state index contributed by atoms with van der Waals surface area (Å²) >= 11 is 5.35. The van der Waals surface area contributed by atoms with Gasteiger partial charge in [-0.1, -0.05) is 12.1 Å². The standard InChI is InChI=1S/C26H36IN5O2S3/c1-16(2)37(33,34)23-22(27)21(36-25(23)35-5)15-28-14-17-10-12-18(13-11-17)29-26-30-20-9-7-6-8-19(20)24(31-26)32(3)4/h6-9,16-18,28H,10-15H2,1-5H3,(H,29,30,31). The van der Waals surface area contributed by atoms with Crippen LogP contribution in [0.5, 0.6) is 0 Å². The second kappa shape index (κ2) is 12.4. The zero-order valence-electron chi connectivity index (χ0n) is 22.0. The van der Waals surface area contributed by atoms with Crippen molar-refractivity contribution in [2.75, 3.05) is 37.1 Å². The lowest BCUT2D eigenvalue weighted by Gasteiger charge is -2.29. The van der Waals surface area contributed by atoms with Gasteiger partial charge in [-0.3, -0.25) is 0 Å². The van der Waals surface area contributed by atoms with Crippen molar-refractivity contribution in [2.24, 2.45) is 5.92 Å². The van der Waals surface area contributed by atoms with Crippen molar-refractivity contribution in [3.05, 3.63) is 32.7 Å². The first-order chi connectivity index (χ1) is 17.6. The highest BCUT2D eigenvalue weighted by Crippen LogP contribution is 2.40. The van der Waals surface area contributed by atoms with Gasteiger partial charge in [0.2, 0.25) is 5.95 Å². The van der Waals surface area contributed by atoms with Gasteiger partial charge in [-0.05, 0) is 93.0 Å². The lowest BCUT2D eigenvalue weighted by Crippen LogP contribution is -2.31. The van der Waals surface area contributed by atoms with E-state index in [-0.39, 0.29) is 0 Å². The molecule has 1 saturated carbocycles. The molecule has 0 amide bonds. The van der Waals surface area contributed by atoms with Crippen LogP contribution in [0.2, 0.25) is 0 Å². The number of hydrogen-bond donors (Lipinski definition) is 2. The summed E-state index contributed by atoms with van der Waals surface area (Å²) in [6, 6.07) is 8.51. The van der Waals surface area contributed by atoms with Crippen LogP contribution in [0.15, 0.2) is 33.4 Å². The van der Waals surface area contributed by atoms with Crippen LogP contribution in [0.3, 0.4) is 0 Å². The molecule has 0 radical (unpaired) electrons. The van der Waals surface area contributed by atoms with E-state index in [1.54, 1.807) is 25.2 Å². The summed E-state index contributed by atoms with van der Waals surface area (Å²) in [5.41, 5.74) is 0.957. The smallest absolute Gasteiger partial charge is 0.225 e. The number of anilines is 2. The van der Waals surface area contributed by atoms with Gasteiger partial charge in [0.25, 0.3) is 0 Å². The van der Waals surface area contributed by atoms with Gasteiger partial charge in [0.15, 0.2) is 9.84 Å². The largest absolute Gasteiger partial charge is 0.362 e. The van der Waals surface area contributed by atoms with E-state index in [1.807, 2.05) is 43.5 Å². The number of rotatable bonds is 10. The second-order valence-electron chi connectivity index (χ2n) is 10.0. The fourth-order valence-electron chi connectivity index (χ4n) is 4.69. The Labute approximate surface area is 242 Å². The third kappa shape index (κ3) is 6.54. The molecule has 0 bridgehead atoms. The van der Waals surface area contributed by atoms with Crippen LogP contribution in [0.1, 0.15) is 44.4 Å². The van der Waals surface area contributed by atoms with Gasteiger partial charge >= 0.3 is 0 Å². The molecule has 4 rings (SSSR count). The molecule has 0 atom stereocenters. The molecule has 2 heterocycles. The Hall–Kier alpha value is -1.15. The Balaban J connectivity index is 1.32. The predicted molar refractivity (Wildman–Crippen MR) is 166 cm³/mol. The summed E-state index contributed by atoms with van der Waals surface area (Å²) in [7, 11) is 0.735. The molecule has 1 aromatic carbocycles. The van der Waals surface area contributed by atoms with Crippen LogP contribution in [0, 0.1) is 9.49 Å². The minimum atomic E-state index is -3.29. The highest BCUT2D eigenvalue weighted by Gasteiger charge is 2.29. The summed E-state index contributed by atoms with van der Waals surface area (Å²) in [6.45, 7) is 5.16. The topological polar surface area (TPSA) is 87.2 Å². The zero-order valence-corrected chi connectivity index (χ0v) is 26.7. The number of hydrogen-bond acceptors (Lipinski definition) is 9. The van der Waals surface area contributed by atoms with E-state index in [4.69, 9.17) is 9.97 Å². The first-order valence-electron chi connectivity index (χ1n) is 12.6. The van der Waals surface area contributed by atoms with Crippen LogP contribution in [0.25, 0.3) is 10.9 Å². The van der Waals surface area contributed by atoms with Crippen LogP contribution in [-0.2, 0) is 16.4 Å². The maximum absolute atomic E-state index is 12.9. The van der Waals surface area contributed by atoms with Gasteiger partial charge in [-0.25, -0.2) is 13.4 Å². The Kier molecular flexibility index (Phi) is 9.63. The molecule has 0 saturated heterocycles. The predicted octanol–water partition coefficient (Wildman–Crippen LogP) is 6.03. The third-order valence-corrected chi connectivity index (χ3v) is 13.5. The monoisotopic (exact) mass is 673 g/mol. The summed E-state index contributed by atoms with van der Waals surface area (Å²) in [5.74, 6) is 2.25. The zero-order chi connectivity index (χ0) is 26.7. The summed E-state index contributed by atoms with van der Waals surface area (Å²) < 4.78 is 27.6. The molecule has 37 heavy (non-hydrogen) atoms. The maximum Gasteiger partial charge on any atom is 0.225 e. The Morgan fingerprint density at radius 1 is 1.16 bits per heavy atom. The molecule has 202 valence electrons. The van der Waals surface area contributed by atoms with Gasteiger partial charge in [0, 0.05) is 40.5 Å². The van der Waals surface area contributed by atoms with E-state index >= 15 is 0 Å². The molecule has 1 aliphatic rings. The van der Waals surface area contributed by atoms with Crippen molar-refractivity contribution >= 4 is 78.2 Å². The van der Waals surface area contributed by atoms with E-state index in [9.17, 15) is 8.42 Å². The minimum Gasteiger partial charge on any atom is -0.362 e. The lowest BCUT2D eigenvalue weighted by atomic mass is 9.86. The number of fused-ring (bicyclic) bond motifs is 1. The number of thiophene rings is 1. The normalized spacial score (nSPS) is 18.5. The SMILES string of the molecule is CSc1sc(CNCC2CCC(Nc3nc(N(C)C)c4ccccc4n3)CC2)c(I)c1S(=O)(=O)C(C)C. The van der Waals surface area contributed by atoms with Crippen molar-refractivity contribution in [3.8, 4) is 0 Å². The van der Waals surface area contributed by atoms with Gasteiger partial charge in [-0.2, -0.15) is 4.98 Å². The molecule has 0 spiro atoms. The molecular weight excluding hydrogens is 637 g/mol. The Morgan fingerprint density at radius 2 is 1.86 bits per heavy atom. The van der Waals surface area contributed by atoms with Crippen molar-refractivity contribution < 1.29 is 8.42 Å². The molecule has 2 N–H and O–H groups in total. The number of thioether (sulfide) groups is 1. The first-order valence-corrected chi connectivity index (χ1v) is 17.3. The van der Waals surface area contributed by atoms with Crippen LogP contribution >= 0.6 is 45.7 Å². The molecule has 1 aliphatic carbocycles. The fraction of sp³-hybridized carbons (Fsp3) is 0.538. The molecule has 0 aliphatic heterocycles. The number of benzene rings is 1. The average molecular weight is 674 g/mol. The highest BCUT2D eigenvalue weighted by atomic mass is 127. The highest BCUT2D eigenvalue weighted by molar-refractivity contribution is 14.1. The number of para-hydroxylation sites is 1. The minimum absolute atomic E-state index is 0.374. The van der Waals surface area contributed by atoms with Gasteiger partial charge < -0.3 is 15.5 Å². The molecule has 11 heteroatoms. The van der Waals surface area contributed by atoms with Gasteiger partial charge in [-0.15, -0.1) is 23.1 Å². The van der Waals surface area contributed by atoms with Crippen molar-refractivity contribution in [2.45, 2.75) is 66.5 Å². The molecule has 7 nitrogen and oxygen atoms in total. The van der Waals surface area contributed by atoms with E-state index in [2.05, 4.69) is 39.3 Å². The number of halogens is 1. The summed E-state index contributed by atoms with van der Waals surface area (Å²) in [6.07, 6.45) is 6.41. The van der Waals surface area contributed by atoms with Crippen molar-refractivity contribution in [1.29, 1.82) is 0 Å². The molecule has 1 fully saturated rings. The van der Waals surface area contributed by atoms with Gasteiger partial charge in [0.1, 0.15) is 10.7 Å². The average Bonchev–Trinajstić information content (AvgIpc) is 3.20. The van der Waals surface area contributed by atoms with Crippen molar-refractivity contribution in [1.82, 2.24) is 15.3 Å². The summed E-state index contributed by atoms with van der Waals surface area (Å²) in [5, 5.41) is 7.85. The van der Waals surface area contributed by atoms with Crippen molar-refractivity contribution in [3.63, 3.8) is 0 Å². The van der Waals surface area contributed by atoms with E-state index in [1.165, 1.54) is 11.8 Å². The maximum atomic E-state index is 12.9. The first kappa shape index (κ1) is 28.8. The summed E-state index contributed by atoms with van der Waals surface area (Å²) in [4.78, 5) is 13.2. The van der Waals surface area contributed by atoms with Crippen LogP contribution in [0.4, 0.5) is 11.8 Å². The number of nitrogens with zero attached hydrogens (tertiary/aromatic N) is 3. The lowest BCUT2D eigenvalue weighted by molar-refractivity contribution is 0.324. The fourth-order valence-corrected chi connectivity index (χ4v) is 10.7. The van der Waals surface area contributed by atoms with Crippen LogP contribution in [-0.4, -0.2) is 56.6 Å². The Morgan fingerprint density at radius 3 is 2.51 bits per heavy atom. The van der Waals surface area contributed by atoms with E-state index in [0.717, 1.165) is 61.6 Å². The Bertz CT molecular complexity index is 1340. The number of sulfone groups is 1. The number of nitrogens with one attached hydrogen (secondary N) is 2. The molecule has 3 aromatic rings. The molecule has 2 aromatic heterocycles. The third-order valence-electron chi connectivity index (χ3n) is 6.84.